The summed E-state index contributed by atoms with van der Waals surface area (Å²) in [5.74, 6) is -0.417. The van der Waals surface area contributed by atoms with E-state index in [1.54, 1.807) is 12.3 Å². The molecule has 0 fully saturated rings. The van der Waals surface area contributed by atoms with E-state index in [2.05, 4.69) is 20.0 Å². The molecule has 0 atom stereocenters. The Morgan fingerprint density at radius 2 is 1.97 bits per heavy atom. The fourth-order valence-corrected chi connectivity index (χ4v) is 3.49. The molecule has 0 unspecified atom stereocenters. The zero-order valence-electron chi connectivity index (χ0n) is 17.5. The minimum absolute atomic E-state index is 0.204. The van der Waals surface area contributed by atoms with Crippen LogP contribution in [-0.2, 0) is 11.8 Å². The first-order valence-corrected chi connectivity index (χ1v) is 9.52. The third kappa shape index (κ3) is 3.69. The van der Waals surface area contributed by atoms with Crippen LogP contribution < -0.4 is 10.1 Å². The fourth-order valence-electron chi connectivity index (χ4n) is 3.49. The minimum atomic E-state index is -0.837. The summed E-state index contributed by atoms with van der Waals surface area (Å²) in [6.07, 6.45) is 3.57. The van der Waals surface area contributed by atoms with Crippen LogP contribution in [-0.4, -0.2) is 39.6 Å². The highest BCUT2D eigenvalue weighted by Gasteiger charge is 2.25. The number of aryl methyl sites for hydroxylation is 1. The summed E-state index contributed by atoms with van der Waals surface area (Å²) in [6, 6.07) is 12.2. The zero-order chi connectivity index (χ0) is 22.8. The van der Waals surface area contributed by atoms with Crippen LogP contribution in [0.1, 0.15) is 10.4 Å². The molecule has 1 N–H and O–H groups in total. The number of nitro benzene ring substituents is 1. The second-order valence-corrected chi connectivity index (χ2v) is 6.88. The summed E-state index contributed by atoms with van der Waals surface area (Å²) in [6.45, 7) is 0. The van der Waals surface area contributed by atoms with E-state index in [9.17, 15) is 14.9 Å². The van der Waals surface area contributed by atoms with Crippen LogP contribution in [0, 0.1) is 10.1 Å². The van der Waals surface area contributed by atoms with Gasteiger partial charge in [0.1, 0.15) is 11.3 Å². The molecule has 0 aliphatic carbocycles. The molecule has 0 aliphatic rings. The molecule has 0 aliphatic heterocycles. The number of methoxy groups -OCH3 is 2. The maximum absolute atomic E-state index is 12.0. The lowest BCUT2D eigenvalue weighted by Gasteiger charge is -2.12. The molecule has 4 aromatic rings. The van der Waals surface area contributed by atoms with Crippen molar-refractivity contribution in [3.05, 3.63) is 70.5 Å². The van der Waals surface area contributed by atoms with Crippen LogP contribution >= 0.6 is 0 Å². The number of nitrogens with zero attached hydrogens (tertiary/aromatic N) is 4. The molecule has 0 amide bonds. The highest BCUT2D eigenvalue weighted by molar-refractivity contribution is 5.96. The number of aromatic nitrogens is 3. The van der Waals surface area contributed by atoms with E-state index in [0.29, 0.717) is 5.69 Å². The van der Waals surface area contributed by atoms with Gasteiger partial charge in [0.2, 0.25) is 5.95 Å². The number of esters is 1. The van der Waals surface area contributed by atoms with Crippen molar-refractivity contribution in [3.63, 3.8) is 0 Å². The van der Waals surface area contributed by atoms with Gasteiger partial charge in [-0.15, -0.1) is 0 Å². The van der Waals surface area contributed by atoms with E-state index >= 15 is 0 Å². The molecular weight excluding hydrogens is 414 g/mol. The smallest absolute Gasteiger partial charge is 0.345 e. The normalized spacial score (nSPS) is 10.7. The van der Waals surface area contributed by atoms with Crippen LogP contribution in [0.3, 0.4) is 0 Å². The van der Waals surface area contributed by atoms with Crippen molar-refractivity contribution in [2.24, 2.45) is 7.05 Å². The minimum Gasteiger partial charge on any atom is -0.495 e. The highest BCUT2D eigenvalue weighted by Crippen LogP contribution is 2.35. The van der Waals surface area contributed by atoms with Crippen LogP contribution in [0.2, 0.25) is 0 Å². The molecule has 4 rings (SSSR count). The summed E-state index contributed by atoms with van der Waals surface area (Å²) in [4.78, 5) is 31.6. The number of carbonyl (C=O) groups excluding carboxylic acids is 1. The predicted molar refractivity (Wildman–Crippen MR) is 118 cm³/mol. The third-order valence-electron chi connectivity index (χ3n) is 4.99. The Morgan fingerprint density at radius 1 is 1.19 bits per heavy atom. The van der Waals surface area contributed by atoms with Crippen molar-refractivity contribution in [1.29, 1.82) is 0 Å². The molecule has 0 saturated carbocycles. The van der Waals surface area contributed by atoms with Crippen LogP contribution in [0.25, 0.3) is 22.2 Å². The first kappa shape index (κ1) is 20.8. The van der Waals surface area contributed by atoms with Gasteiger partial charge in [-0.05, 0) is 12.1 Å². The van der Waals surface area contributed by atoms with Gasteiger partial charge in [-0.2, -0.15) is 0 Å². The average molecular weight is 433 g/mol. The topological polar surface area (TPSA) is 121 Å². The van der Waals surface area contributed by atoms with Crippen molar-refractivity contribution in [2.45, 2.75) is 0 Å². The Kier molecular flexibility index (Phi) is 5.42. The quantitative estimate of drug-likeness (QED) is 0.274. The van der Waals surface area contributed by atoms with Crippen LogP contribution in [0.4, 0.5) is 17.3 Å². The van der Waals surface area contributed by atoms with Gasteiger partial charge in [-0.25, -0.2) is 14.8 Å². The van der Waals surface area contributed by atoms with Gasteiger partial charge >= 0.3 is 5.97 Å². The Hall–Kier alpha value is -4.47. The average Bonchev–Trinajstić information content (AvgIpc) is 3.15. The zero-order valence-corrected chi connectivity index (χ0v) is 17.5. The lowest BCUT2D eigenvalue weighted by molar-refractivity contribution is -0.385. The largest absolute Gasteiger partial charge is 0.495 e. The number of anilines is 2. The number of rotatable bonds is 6. The van der Waals surface area contributed by atoms with Gasteiger partial charge in [0.25, 0.3) is 5.69 Å². The molecule has 2 heterocycles. The summed E-state index contributed by atoms with van der Waals surface area (Å²) in [7, 11) is 4.50. The van der Waals surface area contributed by atoms with Gasteiger partial charge in [0.05, 0.1) is 30.5 Å². The van der Waals surface area contributed by atoms with Gasteiger partial charge in [0, 0.05) is 48.0 Å². The van der Waals surface area contributed by atoms with Gasteiger partial charge < -0.3 is 19.4 Å². The molecule has 162 valence electrons. The van der Waals surface area contributed by atoms with Crippen molar-refractivity contribution < 1.29 is 19.2 Å². The first-order chi connectivity index (χ1) is 15.4. The number of fused-ring (bicyclic) bond motifs is 1. The summed E-state index contributed by atoms with van der Waals surface area (Å²) < 4.78 is 12.0. The molecule has 32 heavy (non-hydrogen) atoms. The second kappa shape index (κ2) is 8.34. The molecular formula is C22H19N5O5. The number of para-hydroxylation sites is 1. The molecule has 0 radical (unpaired) electrons. The Balaban J connectivity index is 1.76. The van der Waals surface area contributed by atoms with E-state index in [4.69, 9.17) is 4.74 Å². The number of carbonyl (C=O) groups is 1. The van der Waals surface area contributed by atoms with Crippen molar-refractivity contribution in [2.75, 3.05) is 19.5 Å². The molecule has 10 heteroatoms. The van der Waals surface area contributed by atoms with Crippen LogP contribution in [0.5, 0.6) is 5.75 Å². The predicted octanol–water partition coefficient (Wildman–Crippen LogP) is 4.08. The van der Waals surface area contributed by atoms with Gasteiger partial charge in [-0.3, -0.25) is 10.1 Å². The number of ether oxygens (including phenoxy) is 2. The van der Waals surface area contributed by atoms with Crippen molar-refractivity contribution in [1.82, 2.24) is 14.5 Å². The third-order valence-corrected chi connectivity index (χ3v) is 4.99. The highest BCUT2D eigenvalue weighted by atomic mass is 16.6. The summed E-state index contributed by atoms with van der Waals surface area (Å²) in [5.41, 5.74) is 2.26. The monoisotopic (exact) mass is 433 g/mol. The number of benzene rings is 2. The molecule has 0 bridgehead atoms. The lowest BCUT2D eigenvalue weighted by atomic mass is 10.1. The lowest BCUT2D eigenvalue weighted by Crippen LogP contribution is -2.08. The Morgan fingerprint density at radius 3 is 2.69 bits per heavy atom. The molecule has 0 spiro atoms. The molecule has 10 nitrogen and oxygen atoms in total. The first-order valence-electron chi connectivity index (χ1n) is 9.52. The molecule has 2 aromatic carbocycles. The summed E-state index contributed by atoms with van der Waals surface area (Å²) >= 11 is 0. The van der Waals surface area contributed by atoms with Crippen molar-refractivity contribution >= 4 is 34.2 Å². The van der Waals surface area contributed by atoms with Gasteiger partial charge in [-0.1, -0.05) is 18.2 Å². The molecule has 2 aromatic heterocycles. The summed E-state index contributed by atoms with van der Waals surface area (Å²) in [5, 5.41) is 15.5. The van der Waals surface area contributed by atoms with E-state index in [0.717, 1.165) is 23.6 Å². The van der Waals surface area contributed by atoms with Crippen LogP contribution in [0.15, 0.2) is 54.9 Å². The number of nitro groups is 1. The number of hydrogen-bond donors (Lipinski definition) is 1. The van der Waals surface area contributed by atoms with Crippen molar-refractivity contribution in [3.8, 4) is 17.0 Å². The number of nitrogens with one attached hydrogen (secondary N) is 1. The van der Waals surface area contributed by atoms with E-state index in [1.807, 2.05) is 42.1 Å². The number of hydrogen-bond acceptors (Lipinski definition) is 8. The molecule has 0 saturated heterocycles. The second-order valence-electron chi connectivity index (χ2n) is 6.88. The standard InChI is InChI=1S/C22H19N5O5/c1-26-12-15(13-6-4-5-7-18(13)26)16-8-9-23-22(24-16)25-17-11-19(27(29)30)14(21(28)32-3)10-20(17)31-2/h4-12H,1-3H3,(H,23,24,25). The fraction of sp³-hybridized carbons (Fsp3) is 0.136. The SMILES string of the molecule is COC(=O)c1cc(OC)c(Nc2nccc(-c3cn(C)c4ccccc34)n2)cc1[N+](=O)[O-]. The van der Waals surface area contributed by atoms with Gasteiger partial charge in [0.15, 0.2) is 0 Å². The van der Waals surface area contributed by atoms with E-state index < -0.39 is 16.6 Å². The maximum Gasteiger partial charge on any atom is 0.345 e. The maximum atomic E-state index is 12.0. The van der Waals surface area contributed by atoms with E-state index in [1.165, 1.54) is 19.2 Å². The Labute approximate surface area is 182 Å². The Bertz CT molecular complexity index is 1350. The van der Waals surface area contributed by atoms with E-state index in [-0.39, 0.29) is 22.9 Å².